The Balaban J connectivity index is 1.58. The number of rotatable bonds is 7. The molecule has 1 heterocycles. The van der Waals surface area contributed by atoms with Crippen LogP contribution in [0, 0.1) is 0 Å². The fourth-order valence-electron chi connectivity index (χ4n) is 2.44. The number of benzene rings is 2. The average Bonchev–Trinajstić information content (AvgIpc) is 2.66. The van der Waals surface area contributed by atoms with Crippen molar-refractivity contribution >= 4 is 5.82 Å². The van der Waals surface area contributed by atoms with Crippen LogP contribution in [-0.4, -0.2) is 23.7 Å². The van der Waals surface area contributed by atoms with Gasteiger partial charge in [0.15, 0.2) is 0 Å². The molecule has 0 atom stereocenters. The molecule has 0 amide bonds. The normalized spacial score (nSPS) is 10.6. The van der Waals surface area contributed by atoms with Crippen molar-refractivity contribution < 1.29 is 9.47 Å². The first-order valence-corrected chi connectivity index (χ1v) is 8.12. The first kappa shape index (κ1) is 16.9. The van der Waals surface area contributed by atoms with Gasteiger partial charge in [0.25, 0.3) is 0 Å². The number of nitrogen functional groups attached to an aromatic ring is 1. The molecule has 0 fully saturated rings. The Morgan fingerprint density at radius 1 is 0.920 bits per heavy atom. The van der Waals surface area contributed by atoms with Gasteiger partial charge in [0.2, 0.25) is 0 Å². The molecular weight excluding hydrogens is 314 g/mol. The van der Waals surface area contributed by atoms with E-state index < -0.39 is 0 Å². The number of methoxy groups -OCH3 is 1. The second kappa shape index (κ2) is 8.26. The Hall–Kier alpha value is -2.92. The summed E-state index contributed by atoms with van der Waals surface area (Å²) in [4.78, 5) is 8.14. The van der Waals surface area contributed by atoms with E-state index in [1.807, 2.05) is 36.4 Å². The Kier molecular flexibility index (Phi) is 5.59. The van der Waals surface area contributed by atoms with Crippen molar-refractivity contribution in [2.75, 3.05) is 19.5 Å². The maximum atomic E-state index is 5.84. The van der Waals surface area contributed by atoms with Gasteiger partial charge in [-0.1, -0.05) is 36.4 Å². The molecule has 128 valence electrons. The van der Waals surface area contributed by atoms with Crippen molar-refractivity contribution in [1.82, 2.24) is 9.97 Å². The van der Waals surface area contributed by atoms with E-state index in [4.69, 9.17) is 15.2 Å². The molecule has 0 aliphatic carbocycles. The predicted octanol–water partition coefficient (Wildman–Crippen LogP) is 3.49. The summed E-state index contributed by atoms with van der Waals surface area (Å²) in [5.41, 5.74) is 9.84. The monoisotopic (exact) mass is 335 g/mol. The largest absolute Gasteiger partial charge is 0.489 e. The third-order valence-electron chi connectivity index (χ3n) is 3.86. The molecule has 5 nitrogen and oxygen atoms in total. The molecule has 0 radical (unpaired) electrons. The van der Waals surface area contributed by atoms with Crippen molar-refractivity contribution in [3.8, 4) is 17.0 Å². The predicted molar refractivity (Wildman–Crippen MR) is 98.2 cm³/mol. The lowest BCUT2D eigenvalue weighted by molar-refractivity contribution is 0.202. The van der Waals surface area contributed by atoms with Crippen LogP contribution in [0.15, 0.2) is 60.9 Å². The highest BCUT2D eigenvalue weighted by atomic mass is 16.5. The quantitative estimate of drug-likeness (QED) is 0.715. The minimum Gasteiger partial charge on any atom is -0.489 e. The summed E-state index contributed by atoms with van der Waals surface area (Å²) in [6, 6.07) is 17.9. The van der Waals surface area contributed by atoms with Gasteiger partial charge in [0, 0.05) is 18.7 Å². The van der Waals surface area contributed by atoms with Crippen LogP contribution in [0.25, 0.3) is 11.3 Å². The molecule has 3 aromatic rings. The molecular formula is C20H21N3O2. The van der Waals surface area contributed by atoms with E-state index in [0.717, 1.165) is 35.6 Å². The summed E-state index contributed by atoms with van der Waals surface area (Å²) in [5, 5.41) is 0. The molecule has 0 saturated carbocycles. The highest BCUT2D eigenvalue weighted by Gasteiger charge is 2.02. The van der Waals surface area contributed by atoms with Gasteiger partial charge in [-0.3, -0.25) is 0 Å². The highest BCUT2D eigenvalue weighted by molar-refractivity contribution is 5.61. The summed E-state index contributed by atoms with van der Waals surface area (Å²) in [6.07, 6.45) is 2.38. The number of anilines is 1. The molecule has 2 aromatic carbocycles. The number of nitrogens with zero attached hydrogens (tertiary/aromatic N) is 2. The highest BCUT2D eigenvalue weighted by Crippen LogP contribution is 2.20. The van der Waals surface area contributed by atoms with Gasteiger partial charge in [-0.25, -0.2) is 9.97 Å². The summed E-state index contributed by atoms with van der Waals surface area (Å²) in [7, 11) is 1.71. The standard InChI is InChI=1S/C20H21N3O2/c1-24-11-10-15-4-8-18(9-5-15)25-13-16-2-6-17(7-3-16)19-12-20(21)23-14-22-19/h2-9,12,14H,10-11,13H2,1H3,(H2,21,22,23). The van der Waals surface area contributed by atoms with Crippen LogP contribution in [-0.2, 0) is 17.8 Å². The van der Waals surface area contributed by atoms with E-state index in [9.17, 15) is 0 Å². The van der Waals surface area contributed by atoms with Crippen LogP contribution < -0.4 is 10.5 Å². The minimum atomic E-state index is 0.464. The van der Waals surface area contributed by atoms with Crippen LogP contribution in [0.3, 0.4) is 0 Å². The van der Waals surface area contributed by atoms with Crippen molar-refractivity contribution in [3.05, 3.63) is 72.1 Å². The van der Waals surface area contributed by atoms with Gasteiger partial charge >= 0.3 is 0 Å². The third-order valence-corrected chi connectivity index (χ3v) is 3.86. The van der Waals surface area contributed by atoms with Crippen LogP contribution >= 0.6 is 0 Å². The zero-order valence-electron chi connectivity index (χ0n) is 14.2. The average molecular weight is 335 g/mol. The lowest BCUT2D eigenvalue weighted by Gasteiger charge is -2.08. The number of hydrogen-bond donors (Lipinski definition) is 1. The van der Waals surface area contributed by atoms with Gasteiger partial charge in [0.1, 0.15) is 24.5 Å². The Labute approximate surface area is 147 Å². The Morgan fingerprint density at radius 3 is 2.32 bits per heavy atom. The van der Waals surface area contributed by atoms with Gasteiger partial charge in [0.05, 0.1) is 12.3 Å². The molecule has 1 aromatic heterocycles. The summed E-state index contributed by atoms with van der Waals surface area (Å²) in [5.74, 6) is 1.32. The second-order valence-electron chi connectivity index (χ2n) is 5.70. The number of aromatic nitrogens is 2. The van der Waals surface area contributed by atoms with Crippen molar-refractivity contribution in [3.63, 3.8) is 0 Å². The number of nitrogens with two attached hydrogens (primary N) is 1. The van der Waals surface area contributed by atoms with Crippen molar-refractivity contribution in [2.45, 2.75) is 13.0 Å². The summed E-state index contributed by atoms with van der Waals surface area (Å²) < 4.78 is 10.9. The molecule has 0 saturated heterocycles. The molecule has 0 bridgehead atoms. The number of hydrogen-bond acceptors (Lipinski definition) is 5. The van der Waals surface area contributed by atoms with Gasteiger partial charge < -0.3 is 15.2 Å². The minimum absolute atomic E-state index is 0.464. The Morgan fingerprint density at radius 2 is 1.64 bits per heavy atom. The lowest BCUT2D eigenvalue weighted by atomic mass is 10.1. The van der Waals surface area contributed by atoms with Crippen LogP contribution in [0.5, 0.6) is 5.75 Å². The molecule has 0 unspecified atom stereocenters. The molecule has 0 aliphatic heterocycles. The molecule has 5 heteroatoms. The van der Waals surface area contributed by atoms with Gasteiger partial charge in [-0.2, -0.15) is 0 Å². The molecule has 0 aliphatic rings. The first-order chi connectivity index (χ1) is 12.2. The topological polar surface area (TPSA) is 70.3 Å². The zero-order valence-corrected chi connectivity index (χ0v) is 14.2. The van der Waals surface area contributed by atoms with Crippen molar-refractivity contribution in [1.29, 1.82) is 0 Å². The SMILES string of the molecule is COCCc1ccc(OCc2ccc(-c3cc(N)ncn3)cc2)cc1. The number of ether oxygens (including phenoxy) is 2. The lowest BCUT2D eigenvalue weighted by Crippen LogP contribution is -1.97. The van der Waals surface area contributed by atoms with E-state index >= 15 is 0 Å². The van der Waals surface area contributed by atoms with Crippen molar-refractivity contribution in [2.24, 2.45) is 0 Å². The fourth-order valence-corrected chi connectivity index (χ4v) is 2.44. The zero-order chi connectivity index (χ0) is 17.5. The smallest absolute Gasteiger partial charge is 0.127 e. The van der Waals surface area contributed by atoms with Gasteiger partial charge in [-0.05, 0) is 29.7 Å². The van der Waals surface area contributed by atoms with E-state index in [0.29, 0.717) is 12.4 Å². The van der Waals surface area contributed by atoms with E-state index in [1.54, 1.807) is 13.2 Å². The van der Waals surface area contributed by atoms with E-state index in [1.165, 1.54) is 11.9 Å². The molecule has 0 spiro atoms. The Bertz CT molecular complexity index is 802. The van der Waals surface area contributed by atoms with Crippen LogP contribution in [0.2, 0.25) is 0 Å². The molecule has 3 rings (SSSR count). The van der Waals surface area contributed by atoms with E-state index in [-0.39, 0.29) is 0 Å². The summed E-state index contributed by atoms with van der Waals surface area (Å²) in [6.45, 7) is 1.24. The van der Waals surface area contributed by atoms with Crippen LogP contribution in [0.1, 0.15) is 11.1 Å². The fraction of sp³-hybridized carbons (Fsp3) is 0.200. The maximum Gasteiger partial charge on any atom is 0.127 e. The molecule has 2 N–H and O–H groups in total. The molecule has 25 heavy (non-hydrogen) atoms. The second-order valence-corrected chi connectivity index (χ2v) is 5.70. The summed E-state index contributed by atoms with van der Waals surface area (Å²) >= 11 is 0. The third kappa shape index (κ3) is 4.78. The van der Waals surface area contributed by atoms with E-state index in [2.05, 4.69) is 22.1 Å². The van der Waals surface area contributed by atoms with Crippen LogP contribution in [0.4, 0.5) is 5.82 Å². The maximum absolute atomic E-state index is 5.84. The van der Waals surface area contributed by atoms with Gasteiger partial charge in [-0.15, -0.1) is 0 Å². The first-order valence-electron chi connectivity index (χ1n) is 8.12.